The fourth-order valence-electron chi connectivity index (χ4n) is 2.62. The van der Waals surface area contributed by atoms with E-state index in [1.807, 2.05) is 0 Å². The van der Waals surface area contributed by atoms with Gasteiger partial charge >= 0.3 is 5.69 Å². The first-order valence-electron chi connectivity index (χ1n) is 6.26. The van der Waals surface area contributed by atoms with Gasteiger partial charge in [0.2, 0.25) is 5.82 Å². The molecule has 18 heavy (non-hydrogen) atoms. The minimum absolute atomic E-state index is 0.00828. The zero-order valence-electron chi connectivity index (χ0n) is 10.5. The van der Waals surface area contributed by atoms with E-state index in [0.29, 0.717) is 18.3 Å². The van der Waals surface area contributed by atoms with E-state index >= 15 is 0 Å². The van der Waals surface area contributed by atoms with Crippen molar-refractivity contribution < 1.29 is 4.92 Å². The van der Waals surface area contributed by atoms with Crippen LogP contribution in [-0.2, 0) is 7.05 Å². The van der Waals surface area contributed by atoms with E-state index in [1.54, 1.807) is 7.05 Å². The van der Waals surface area contributed by atoms with Gasteiger partial charge in [-0.2, -0.15) is 0 Å². The number of nitrogens with two attached hydrogens (primary N) is 1. The van der Waals surface area contributed by atoms with Crippen LogP contribution in [0.4, 0.5) is 11.5 Å². The van der Waals surface area contributed by atoms with Crippen molar-refractivity contribution in [2.75, 3.05) is 11.9 Å². The lowest BCUT2D eigenvalue weighted by molar-refractivity contribution is -0.384. The molecule has 1 aliphatic carbocycles. The third-order valence-electron chi connectivity index (χ3n) is 3.55. The quantitative estimate of drug-likeness (QED) is 0.608. The number of anilines is 1. The molecule has 0 aromatic carbocycles. The molecule has 0 radical (unpaired) electrons. The number of aromatic nitrogens is 2. The van der Waals surface area contributed by atoms with Gasteiger partial charge in [0, 0.05) is 19.6 Å². The Balaban J connectivity index is 2.13. The molecule has 2 rings (SSSR count). The van der Waals surface area contributed by atoms with E-state index in [4.69, 9.17) is 5.73 Å². The number of nitrogens with one attached hydrogen (secondary N) is 1. The maximum Gasteiger partial charge on any atom is 0.330 e. The van der Waals surface area contributed by atoms with E-state index < -0.39 is 4.92 Å². The Morgan fingerprint density at radius 2 is 2.33 bits per heavy atom. The molecule has 1 fully saturated rings. The normalized spacial score (nSPS) is 17.9. The predicted octanol–water partition coefficient (Wildman–Crippen LogP) is 1.26. The minimum atomic E-state index is -0.419. The van der Waals surface area contributed by atoms with Crippen molar-refractivity contribution in [2.24, 2.45) is 18.7 Å². The molecule has 1 unspecified atom stereocenters. The van der Waals surface area contributed by atoms with E-state index in [9.17, 15) is 10.1 Å². The molecule has 1 aliphatic rings. The number of hydrogen-bond acceptors (Lipinski definition) is 5. The summed E-state index contributed by atoms with van der Waals surface area (Å²) in [4.78, 5) is 10.5. The van der Waals surface area contributed by atoms with Crippen molar-refractivity contribution in [3.05, 3.63) is 16.3 Å². The molecular formula is C11H19N5O2. The topological polar surface area (TPSA) is 99.0 Å². The lowest BCUT2D eigenvalue weighted by atomic mass is 9.98. The molecule has 0 spiro atoms. The van der Waals surface area contributed by atoms with Gasteiger partial charge in [-0.15, -0.1) is 5.10 Å². The largest absolute Gasteiger partial charge is 0.359 e. The number of rotatable bonds is 5. The molecule has 1 aromatic rings. The van der Waals surface area contributed by atoms with Crippen LogP contribution in [0.25, 0.3) is 0 Å². The average molecular weight is 253 g/mol. The van der Waals surface area contributed by atoms with Gasteiger partial charge in [0.15, 0.2) is 0 Å². The van der Waals surface area contributed by atoms with Crippen molar-refractivity contribution in [3.63, 3.8) is 0 Å². The summed E-state index contributed by atoms with van der Waals surface area (Å²) in [6.45, 7) is 0.471. The van der Waals surface area contributed by atoms with Crippen LogP contribution in [0.1, 0.15) is 25.7 Å². The Bertz CT molecular complexity index is 425. The second-order valence-electron chi connectivity index (χ2n) is 4.82. The molecule has 0 saturated heterocycles. The first kappa shape index (κ1) is 12.8. The molecule has 1 saturated carbocycles. The summed E-state index contributed by atoms with van der Waals surface area (Å²) in [7, 11) is 1.67. The van der Waals surface area contributed by atoms with Gasteiger partial charge in [0.1, 0.15) is 6.20 Å². The second kappa shape index (κ2) is 5.34. The summed E-state index contributed by atoms with van der Waals surface area (Å²) in [6.07, 6.45) is 6.11. The van der Waals surface area contributed by atoms with Crippen LogP contribution in [0.5, 0.6) is 0 Å². The fourth-order valence-corrected chi connectivity index (χ4v) is 2.62. The van der Waals surface area contributed by atoms with Gasteiger partial charge in [-0.1, -0.05) is 12.8 Å². The van der Waals surface area contributed by atoms with Crippen LogP contribution in [0.3, 0.4) is 0 Å². The highest BCUT2D eigenvalue weighted by atomic mass is 16.6. The zero-order chi connectivity index (χ0) is 13.1. The molecule has 1 atom stereocenters. The molecule has 7 heteroatoms. The molecule has 100 valence electrons. The van der Waals surface area contributed by atoms with Crippen LogP contribution in [0.2, 0.25) is 0 Å². The highest BCUT2D eigenvalue weighted by molar-refractivity contribution is 5.55. The van der Waals surface area contributed by atoms with Gasteiger partial charge in [0.05, 0.1) is 4.92 Å². The Hall–Kier alpha value is -1.63. The fraction of sp³-hybridized carbons (Fsp3) is 0.727. The Kier molecular flexibility index (Phi) is 3.81. The number of hydrogen-bond donors (Lipinski definition) is 2. The van der Waals surface area contributed by atoms with Crippen LogP contribution < -0.4 is 11.1 Å². The summed E-state index contributed by atoms with van der Waals surface area (Å²) < 4.78 is 1.45. The summed E-state index contributed by atoms with van der Waals surface area (Å²) in [5, 5.41) is 18.1. The number of nitrogens with zero attached hydrogens (tertiary/aromatic N) is 3. The van der Waals surface area contributed by atoms with Gasteiger partial charge in [-0.25, -0.2) is 0 Å². The van der Waals surface area contributed by atoms with E-state index in [0.717, 1.165) is 12.8 Å². The van der Waals surface area contributed by atoms with Gasteiger partial charge in [-0.05, 0) is 18.8 Å². The Morgan fingerprint density at radius 1 is 1.67 bits per heavy atom. The second-order valence-corrected chi connectivity index (χ2v) is 4.82. The molecule has 1 heterocycles. The summed E-state index contributed by atoms with van der Waals surface area (Å²) in [5.41, 5.74) is 5.77. The minimum Gasteiger partial charge on any atom is -0.359 e. The van der Waals surface area contributed by atoms with Gasteiger partial charge in [-0.3, -0.25) is 14.8 Å². The van der Waals surface area contributed by atoms with Crippen LogP contribution in [-0.4, -0.2) is 27.3 Å². The number of aryl methyl sites for hydroxylation is 1. The van der Waals surface area contributed by atoms with Crippen LogP contribution in [0.15, 0.2) is 6.20 Å². The standard InChI is InChI=1S/C11H19N5O2/c1-15-7-10(16(17)18)11(14-15)13-9(6-12)8-4-2-3-5-8/h7-9H,2-6,12H2,1H3,(H,13,14). The average Bonchev–Trinajstić information content (AvgIpc) is 2.94. The van der Waals surface area contributed by atoms with Gasteiger partial charge in [0.25, 0.3) is 0 Å². The lowest BCUT2D eigenvalue weighted by Crippen LogP contribution is -2.35. The number of nitro groups is 1. The van der Waals surface area contributed by atoms with Crippen molar-refractivity contribution in [2.45, 2.75) is 31.7 Å². The lowest BCUT2D eigenvalue weighted by Gasteiger charge is -2.22. The monoisotopic (exact) mass is 253 g/mol. The van der Waals surface area contributed by atoms with E-state index in [1.165, 1.54) is 23.7 Å². The Morgan fingerprint density at radius 3 is 2.89 bits per heavy atom. The Labute approximate surface area is 105 Å². The van der Waals surface area contributed by atoms with Crippen LogP contribution >= 0.6 is 0 Å². The predicted molar refractivity (Wildman–Crippen MR) is 68.3 cm³/mol. The summed E-state index contributed by atoms with van der Waals surface area (Å²) in [5.74, 6) is 0.821. The first-order valence-corrected chi connectivity index (χ1v) is 6.26. The third kappa shape index (κ3) is 2.61. The van der Waals surface area contributed by atoms with Gasteiger partial charge < -0.3 is 11.1 Å². The summed E-state index contributed by atoms with van der Waals surface area (Å²) in [6, 6.07) is 0.0705. The smallest absolute Gasteiger partial charge is 0.330 e. The van der Waals surface area contributed by atoms with Crippen molar-refractivity contribution in [3.8, 4) is 0 Å². The molecule has 0 bridgehead atoms. The molecule has 0 amide bonds. The maximum atomic E-state index is 10.9. The zero-order valence-corrected chi connectivity index (χ0v) is 10.5. The molecule has 3 N–H and O–H groups in total. The maximum absolute atomic E-state index is 10.9. The highest BCUT2D eigenvalue weighted by Gasteiger charge is 2.27. The molecule has 1 aromatic heterocycles. The molecular weight excluding hydrogens is 234 g/mol. The summed E-state index contributed by atoms with van der Waals surface area (Å²) >= 11 is 0. The SMILES string of the molecule is Cn1cc([N+](=O)[O-])c(NC(CN)C2CCCC2)n1. The van der Waals surface area contributed by atoms with Crippen LogP contribution in [0, 0.1) is 16.0 Å². The first-order chi connectivity index (χ1) is 8.61. The third-order valence-corrected chi connectivity index (χ3v) is 3.55. The van der Waals surface area contributed by atoms with Crippen molar-refractivity contribution >= 4 is 11.5 Å². The molecule has 0 aliphatic heterocycles. The highest BCUT2D eigenvalue weighted by Crippen LogP contribution is 2.30. The van der Waals surface area contributed by atoms with E-state index in [-0.39, 0.29) is 11.7 Å². The van der Waals surface area contributed by atoms with E-state index in [2.05, 4.69) is 10.4 Å². The molecule has 7 nitrogen and oxygen atoms in total. The van der Waals surface area contributed by atoms with Crippen molar-refractivity contribution in [1.82, 2.24) is 9.78 Å². The van der Waals surface area contributed by atoms with Crippen molar-refractivity contribution in [1.29, 1.82) is 0 Å².